The molecule has 1 aliphatic rings. The highest BCUT2D eigenvalue weighted by Crippen LogP contribution is 2.23. The summed E-state index contributed by atoms with van der Waals surface area (Å²) in [6.45, 7) is 4.46. The first kappa shape index (κ1) is 21.8. The number of carbonyl (C=O) groups excluding carboxylic acids is 1. The van der Waals surface area contributed by atoms with Crippen LogP contribution in [-0.2, 0) is 14.8 Å². The number of halogens is 2. The van der Waals surface area contributed by atoms with Gasteiger partial charge in [0.2, 0.25) is 15.9 Å². The largest absolute Gasteiger partial charge is 0.337 e. The van der Waals surface area contributed by atoms with Crippen LogP contribution in [0, 0.1) is 11.7 Å². The van der Waals surface area contributed by atoms with Crippen LogP contribution in [0.1, 0.15) is 26.7 Å². The fourth-order valence-corrected chi connectivity index (χ4v) is 4.30. The predicted octanol–water partition coefficient (Wildman–Crippen LogP) is 1.50. The number of nitrogens with two attached hydrogens (primary N) is 1. The van der Waals surface area contributed by atoms with E-state index in [0.717, 1.165) is 18.9 Å². The van der Waals surface area contributed by atoms with E-state index < -0.39 is 26.8 Å². The molecule has 1 amide bonds. The smallest absolute Gasteiger partial charge is 0.244 e. The van der Waals surface area contributed by atoms with Crippen LogP contribution in [0.3, 0.4) is 0 Å². The van der Waals surface area contributed by atoms with E-state index in [0.29, 0.717) is 19.0 Å². The van der Waals surface area contributed by atoms with Crippen LogP contribution in [0.2, 0.25) is 0 Å². The topological polar surface area (TPSA) is 92.5 Å². The molecule has 1 fully saturated rings. The van der Waals surface area contributed by atoms with Gasteiger partial charge < -0.3 is 10.6 Å². The minimum Gasteiger partial charge on any atom is -0.337 e. The number of amides is 1. The van der Waals surface area contributed by atoms with Crippen LogP contribution in [0.15, 0.2) is 29.2 Å². The highest BCUT2D eigenvalue weighted by molar-refractivity contribution is 7.89. The number of benzene rings is 1. The summed E-state index contributed by atoms with van der Waals surface area (Å²) in [5.41, 5.74) is 5.75. The van der Waals surface area contributed by atoms with E-state index in [4.69, 9.17) is 5.73 Å². The molecule has 0 spiro atoms. The fourth-order valence-electron chi connectivity index (χ4n) is 3.02. The Balaban J connectivity index is 0.00000312. The number of hydrogen-bond acceptors (Lipinski definition) is 4. The molecule has 3 unspecified atom stereocenters. The predicted molar refractivity (Wildman–Crippen MR) is 96.4 cm³/mol. The van der Waals surface area contributed by atoms with Gasteiger partial charge in [-0.05, 0) is 37.8 Å². The maximum Gasteiger partial charge on any atom is 0.244 e. The average molecular weight is 394 g/mol. The molecule has 6 nitrogen and oxygen atoms in total. The summed E-state index contributed by atoms with van der Waals surface area (Å²) in [5, 5.41) is 0. The Hall–Kier alpha value is -1.22. The van der Waals surface area contributed by atoms with Crippen molar-refractivity contribution in [3.63, 3.8) is 0 Å². The van der Waals surface area contributed by atoms with Gasteiger partial charge in [-0.25, -0.2) is 12.8 Å². The quantitative estimate of drug-likeness (QED) is 0.792. The maximum absolute atomic E-state index is 13.7. The van der Waals surface area contributed by atoms with E-state index in [-0.39, 0.29) is 24.4 Å². The Morgan fingerprint density at radius 3 is 2.68 bits per heavy atom. The maximum atomic E-state index is 13.7. The minimum absolute atomic E-state index is 0. The summed E-state index contributed by atoms with van der Waals surface area (Å²) in [6, 6.07) is 3.99. The van der Waals surface area contributed by atoms with Crippen LogP contribution in [0.25, 0.3) is 0 Å². The number of rotatable bonds is 5. The van der Waals surface area contributed by atoms with Crippen molar-refractivity contribution in [1.82, 2.24) is 9.62 Å². The second kappa shape index (κ2) is 8.93. The van der Waals surface area contributed by atoms with E-state index >= 15 is 0 Å². The number of likely N-dealkylation sites (tertiary alicyclic amines) is 1. The van der Waals surface area contributed by atoms with Gasteiger partial charge in [-0.3, -0.25) is 4.79 Å². The molecule has 142 valence electrons. The molecule has 0 radical (unpaired) electrons. The lowest BCUT2D eigenvalue weighted by Gasteiger charge is -2.39. The number of piperidine rings is 1. The van der Waals surface area contributed by atoms with E-state index in [1.165, 1.54) is 25.1 Å². The number of hydrogen-bond donors (Lipinski definition) is 2. The molecule has 1 aromatic carbocycles. The molecule has 25 heavy (non-hydrogen) atoms. The molecular formula is C16H25ClFN3O3S. The number of nitrogens with zero attached hydrogens (tertiary/aromatic N) is 1. The van der Waals surface area contributed by atoms with Gasteiger partial charge >= 0.3 is 0 Å². The third-order valence-electron chi connectivity index (χ3n) is 4.36. The third-order valence-corrected chi connectivity index (χ3v) is 5.94. The van der Waals surface area contributed by atoms with Gasteiger partial charge in [0.05, 0.1) is 6.04 Å². The summed E-state index contributed by atoms with van der Waals surface area (Å²) >= 11 is 0. The molecule has 1 aliphatic heterocycles. The number of carbonyl (C=O) groups is 1. The molecule has 1 aromatic rings. The lowest BCUT2D eigenvalue weighted by Crippen LogP contribution is -2.55. The number of nitrogens with one attached hydrogen (secondary N) is 1. The third kappa shape index (κ3) is 5.13. The van der Waals surface area contributed by atoms with E-state index in [1.807, 2.05) is 0 Å². The zero-order chi connectivity index (χ0) is 17.9. The molecule has 3 N–H and O–H groups in total. The Morgan fingerprint density at radius 1 is 1.44 bits per heavy atom. The van der Waals surface area contributed by atoms with Crippen LogP contribution in [-0.4, -0.2) is 44.4 Å². The first-order valence-corrected chi connectivity index (χ1v) is 9.52. The van der Waals surface area contributed by atoms with Crippen molar-refractivity contribution in [2.45, 2.75) is 43.7 Å². The Kier molecular flexibility index (Phi) is 7.80. The SMILES string of the molecule is CC1CCN(C(=O)C(C)NS(=O)(=O)c2ccccc2F)C(CN)C1.Cl. The first-order chi connectivity index (χ1) is 11.3. The van der Waals surface area contributed by atoms with Crippen molar-refractivity contribution in [2.75, 3.05) is 13.1 Å². The minimum atomic E-state index is -4.11. The fraction of sp³-hybridized carbons (Fsp3) is 0.562. The van der Waals surface area contributed by atoms with Gasteiger partial charge in [-0.1, -0.05) is 19.1 Å². The number of sulfonamides is 1. The molecule has 0 aromatic heterocycles. The second-order valence-corrected chi connectivity index (χ2v) is 8.01. The average Bonchev–Trinajstić information content (AvgIpc) is 2.53. The van der Waals surface area contributed by atoms with Crippen molar-refractivity contribution >= 4 is 28.3 Å². The molecule has 0 bridgehead atoms. The van der Waals surface area contributed by atoms with Crippen LogP contribution < -0.4 is 10.5 Å². The van der Waals surface area contributed by atoms with Gasteiger partial charge in [0, 0.05) is 19.1 Å². The van der Waals surface area contributed by atoms with Crippen LogP contribution in [0.5, 0.6) is 0 Å². The Bertz CT molecular complexity index is 702. The molecule has 2 rings (SSSR count). The monoisotopic (exact) mass is 393 g/mol. The molecule has 0 aliphatic carbocycles. The van der Waals surface area contributed by atoms with Gasteiger partial charge in [-0.15, -0.1) is 12.4 Å². The first-order valence-electron chi connectivity index (χ1n) is 8.03. The molecule has 1 heterocycles. The van der Waals surface area contributed by atoms with E-state index in [9.17, 15) is 17.6 Å². The molecule has 1 saturated heterocycles. The summed E-state index contributed by atoms with van der Waals surface area (Å²) in [7, 11) is -4.11. The molecule has 9 heteroatoms. The molecule has 0 saturated carbocycles. The van der Waals surface area contributed by atoms with Crippen molar-refractivity contribution in [3.8, 4) is 0 Å². The summed E-state index contributed by atoms with van der Waals surface area (Å²) in [6.07, 6.45) is 1.66. The van der Waals surface area contributed by atoms with Gasteiger partial charge in [0.1, 0.15) is 10.7 Å². The summed E-state index contributed by atoms with van der Waals surface area (Å²) in [5.74, 6) is -0.707. The van der Waals surface area contributed by atoms with Gasteiger partial charge in [0.25, 0.3) is 0 Å². The Labute approximate surface area is 154 Å². The van der Waals surface area contributed by atoms with Gasteiger partial charge in [0.15, 0.2) is 0 Å². The lowest BCUT2D eigenvalue weighted by molar-refractivity contribution is -0.136. The van der Waals surface area contributed by atoms with Crippen LogP contribution in [0.4, 0.5) is 4.39 Å². The van der Waals surface area contributed by atoms with Crippen molar-refractivity contribution in [2.24, 2.45) is 11.7 Å². The van der Waals surface area contributed by atoms with E-state index in [1.54, 1.807) is 4.90 Å². The zero-order valence-corrected chi connectivity index (χ0v) is 15.9. The van der Waals surface area contributed by atoms with Crippen molar-refractivity contribution < 1.29 is 17.6 Å². The van der Waals surface area contributed by atoms with E-state index in [2.05, 4.69) is 11.6 Å². The lowest BCUT2D eigenvalue weighted by atomic mass is 9.92. The zero-order valence-electron chi connectivity index (χ0n) is 14.3. The standard InChI is InChI=1S/C16H24FN3O3S.ClH/c1-11-7-8-20(13(9-11)10-18)16(21)12(2)19-24(22,23)15-6-4-3-5-14(15)17;/h3-6,11-13,19H,7-10,18H2,1-2H3;1H. The molecule has 3 atom stereocenters. The normalized spacial score (nSPS) is 22.2. The van der Waals surface area contributed by atoms with Crippen molar-refractivity contribution in [1.29, 1.82) is 0 Å². The second-order valence-electron chi connectivity index (χ2n) is 6.32. The summed E-state index contributed by atoms with van der Waals surface area (Å²) in [4.78, 5) is 13.8. The Morgan fingerprint density at radius 2 is 2.08 bits per heavy atom. The van der Waals surface area contributed by atoms with Crippen molar-refractivity contribution in [3.05, 3.63) is 30.1 Å². The highest BCUT2D eigenvalue weighted by atomic mass is 35.5. The van der Waals surface area contributed by atoms with Crippen LogP contribution >= 0.6 is 12.4 Å². The molecular weight excluding hydrogens is 369 g/mol. The summed E-state index contributed by atoms with van der Waals surface area (Å²) < 4.78 is 40.6. The highest BCUT2D eigenvalue weighted by Gasteiger charge is 2.33. The van der Waals surface area contributed by atoms with Gasteiger partial charge in [-0.2, -0.15) is 4.72 Å².